The van der Waals surface area contributed by atoms with Gasteiger partial charge in [0, 0.05) is 5.75 Å². The summed E-state index contributed by atoms with van der Waals surface area (Å²) < 4.78 is 23.2. The van der Waals surface area contributed by atoms with Crippen LogP contribution in [0, 0.1) is 5.92 Å². The maximum absolute atomic E-state index is 11.6. The van der Waals surface area contributed by atoms with E-state index in [9.17, 15) is 8.42 Å². The molecule has 0 saturated heterocycles. The van der Waals surface area contributed by atoms with E-state index < -0.39 is 9.84 Å². The highest BCUT2D eigenvalue weighted by Crippen LogP contribution is 2.14. The highest BCUT2D eigenvalue weighted by atomic mass is 32.2. The number of sulfone groups is 1. The molecule has 0 heterocycles. The van der Waals surface area contributed by atoms with Crippen molar-refractivity contribution >= 4 is 9.84 Å². The third-order valence-corrected chi connectivity index (χ3v) is 5.52. The number of rotatable bonds is 11. The molecule has 0 radical (unpaired) electrons. The summed E-state index contributed by atoms with van der Waals surface area (Å²) in [6.07, 6.45) is 3.87. The molecule has 120 valence electrons. The van der Waals surface area contributed by atoms with E-state index >= 15 is 0 Å². The first-order valence-electron chi connectivity index (χ1n) is 8.02. The molecule has 0 aliphatic rings. The first-order valence-corrected chi connectivity index (χ1v) is 9.84. The van der Waals surface area contributed by atoms with Crippen molar-refractivity contribution in [2.75, 3.05) is 24.6 Å². The summed E-state index contributed by atoms with van der Waals surface area (Å²) in [5.41, 5.74) is 1.33. The number of hydrogen-bond acceptors (Lipinski definition) is 3. The Morgan fingerprint density at radius 2 is 1.86 bits per heavy atom. The summed E-state index contributed by atoms with van der Waals surface area (Å²) in [6.45, 7) is 5.88. The number of hydrogen-bond donors (Lipinski definition) is 1. The van der Waals surface area contributed by atoms with E-state index in [-0.39, 0.29) is 5.75 Å². The molecule has 1 unspecified atom stereocenters. The molecular formula is C17H29NO2S. The zero-order valence-corrected chi connectivity index (χ0v) is 14.2. The van der Waals surface area contributed by atoms with Crippen LogP contribution in [0.1, 0.15) is 38.7 Å². The van der Waals surface area contributed by atoms with Gasteiger partial charge in [0.05, 0.1) is 5.75 Å². The molecule has 0 bridgehead atoms. The van der Waals surface area contributed by atoms with Crippen molar-refractivity contribution in [1.82, 2.24) is 5.32 Å². The molecule has 0 aromatic heterocycles. The van der Waals surface area contributed by atoms with Crippen LogP contribution in [0.3, 0.4) is 0 Å². The Hall–Kier alpha value is -0.870. The third-order valence-electron chi connectivity index (χ3n) is 3.73. The normalized spacial score (nSPS) is 13.2. The molecule has 0 aliphatic carbocycles. The van der Waals surface area contributed by atoms with Gasteiger partial charge in [-0.15, -0.1) is 0 Å². The average molecular weight is 311 g/mol. The highest BCUT2D eigenvalue weighted by molar-refractivity contribution is 7.91. The van der Waals surface area contributed by atoms with Crippen LogP contribution < -0.4 is 5.32 Å². The summed E-state index contributed by atoms with van der Waals surface area (Å²) >= 11 is 0. The van der Waals surface area contributed by atoms with E-state index in [1.165, 1.54) is 5.56 Å². The lowest BCUT2D eigenvalue weighted by Crippen LogP contribution is -2.25. The molecule has 0 spiro atoms. The zero-order chi connectivity index (χ0) is 15.6. The largest absolute Gasteiger partial charge is 0.316 e. The van der Waals surface area contributed by atoms with Crippen LogP contribution in [-0.4, -0.2) is 33.0 Å². The van der Waals surface area contributed by atoms with E-state index in [1.807, 2.05) is 6.07 Å². The summed E-state index contributed by atoms with van der Waals surface area (Å²) in [6, 6.07) is 10.5. The van der Waals surface area contributed by atoms with Gasteiger partial charge in [0.15, 0.2) is 0 Å². The van der Waals surface area contributed by atoms with E-state index in [0.717, 1.165) is 38.8 Å². The predicted molar refractivity (Wildman–Crippen MR) is 90.4 cm³/mol. The molecule has 4 heteroatoms. The Morgan fingerprint density at radius 3 is 2.48 bits per heavy atom. The number of nitrogens with one attached hydrogen (secondary N) is 1. The maximum Gasteiger partial charge on any atom is 0.150 e. The molecule has 21 heavy (non-hydrogen) atoms. The van der Waals surface area contributed by atoms with Crippen LogP contribution >= 0.6 is 0 Å². The lowest BCUT2D eigenvalue weighted by molar-refractivity contribution is 0.438. The summed E-state index contributed by atoms with van der Waals surface area (Å²) in [7, 11) is -2.83. The molecule has 0 fully saturated rings. The molecule has 1 rings (SSSR count). The van der Waals surface area contributed by atoms with Gasteiger partial charge in [-0.2, -0.15) is 0 Å². The second kappa shape index (κ2) is 9.96. The Labute approximate surface area is 130 Å². The molecule has 1 N–H and O–H groups in total. The summed E-state index contributed by atoms with van der Waals surface area (Å²) in [5.74, 6) is 1.08. The lowest BCUT2D eigenvalue weighted by Gasteiger charge is -2.17. The van der Waals surface area contributed by atoms with Gasteiger partial charge in [-0.3, -0.25) is 0 Å². The van der Waals surface area contributed by atoms with Crippen LogP contribution in [0.2, 0.25) is 0 Å². The maximum atomic E-state index is 11.6. The van der Waals surface area contributed by atoms with E-state index in [1.54, 1.807) is 6.92 Å². The fourth-order valence-corrected chi connectivity index (χ4v) is 3.34. The standard InChI is InChI=1S/C17H29NO2S/c1-3-12-18-15-17(11-8-13-21(19,20)4-2)14-16-9-6-5-7-10-16/h5-7,9-10,17-18H,3-4,8,11-15H2,1-2H3. The van der Waals surface area contributed by atoms with Crippen LogP contribution in [0.5, 0.6) is 0 Å². The van der Waals surface area contributed by atoms with Crippen molar-refractivity contribution in [1.29, 1.82) is 0 Å². The van der Waals surface area contributed by atoms with Gasteiger partial charge in [-0.25, -0.2) is 8.42 Å². The van der Waals surface area contributed by atoms with E-state index in [0.29, 0.717) is 11.7 Å². The second-order valence-corrected chi connectivity index (χ2v) is 8.11. The van der Waals surface area contributed by atoms with E-state index in [4.69, 9.17) is 0 Å². The Kier molecular flexibility index (Phi) is 8.62. The molecular weight excluding hydrogens is 282 g/mol. The topological polar surface area (TPSA) is 46.2 Å². The van der Waals surface area contributed by atoms with Crippen molar-refractivity contribution in [3.05, 3.63) is 35.9 Å². The van der Waals surface area contributed by atoms with Crippen LogP contribution in [-0.2, 0) is 16.3 Å². The third kappa shape index (κ3) is 8.22. The summed E-state index contributed by atoms with van der Waals surface area (Å²) in [5, 5.41) is 3.47. The van der Waals surface area contributed by atoms with Crippen LogP contribution in [0.25, 0.3) is 0 Å². The monoisotopic (exact) mass is 311 g/mol. The molecule has 1 atom stereocenters. The van der Waals surface area contributed by atoms with Crippen LogP contribution in [0.15, 0.2) is 30.3 Å². The van der Waals surface area contributed by atoms with Gasteiger partial charge in [0.25, 0.3) is 0 Å². The van der Waals surface area contributed by atoms with Crippen LogP contribution in [0.4, 0.5) is 0 Å². The van der Waals surface area contributed by atoms with Gasteiger partial charge >= 0.3 is 0 Å². The second-order valence-electron chi connectivity index (χ2n) is 5.64. The first kappa shape index (κ1) is 18.2. The van der Waals surface area contributed by atoms with Crippen molar-refractivity contribution in [2.45, 2.75) is 39.5 Å². The minimum atomic E-state index is -2.83. The number of benzene rings is 1. The molecule has 0 aliphatic heterocycles. The first-order chi connectivity index (χ1) is 10.1. The molecule has 1 aromatic carbocycles. The fraction of sp³-hybridized carbons (Fsp3) is 0.647. The van der Waals surface area contributed by atoms with Gasteiger partial charge in [0.2, 0.25) is 0 Å². The fourth-order valence-electron chi connectivity index (χ4n) is 2.44. The zero-order valence-electron chi connectivity index (χ0n) is 13.3. The molecule has 1 aromatic rings. The minimum absolute atomic E-state index is 0.254. The summed E-state index contributed by atoms with van der Waals surface area (Å²) in [4.78, 5) is 0. The Bertz CT molecular complexity index is 471. The van der Waals surface area contributed by atoms with Gasteiger partial charge in [-0.05, 0) is 50.3 Å². The SMILES string of the molecule is CCCNCC(CCCS(=O)(=O)CC)Cc1ccccc1. The Morgan fingerprint density at radius 1 is 1.14 bits per heavy atom. The van der Waals surface area contributed by atoms with Crippen molar-refractivity contribution in [2.24, 2.45) is 5.92 Å². The van der Waals surface area contributed by atoms with Crippen molar-refractivity contribution < 1.29 is 8.42 Å². The van der Waals surface area contributed by atoms with E-state index in [2.05, 4.69) is 36.5 Å². The quantitative estimate of drug-likeness (QED) is 0.639. The highest BCUT2D eigenvalue weighted by Gasteiger charge is 2.12. The minimum Gasteiger partial charge on any atom is -0.316 e. The Balaban J connectivity index is 2.48. The molecule has 3 nitrogen and oxygen atoms in total. The molecule has 0 amide bonds. The van der Waals surface area contributed by atoms with Gasteiger partial charge < -0.3 is 5.32 Å². The van der Waals surface area contributed by atoms with Gasteiger partial charge in [-0.1, -0.05) is 44.2 Å². The van der Waals surface area contributed by atoms with Gasteiger partial charge in [0.1, 0.15) is 9.84 Å². The predicted octanol–water partition coefficient (Wildman–Crippen LogP) is 3.06. The lowest BCUT2D eigenvalue weighted by atomic mass is 9.95. The smallest absolute Gasteiger partial charge is 0.150 e. The van der Waals surface area contributed by atoms with Crippen molar-refractivity contribution in [3.8, 4) is 0 Å². The van der Waals surface area contributed by atoms with Crippen molar-refractivity contribution in [3.63, 3.8) is 0 Å². The molecule has 0 saturated carbocycles. The average Bonchev–Trinajstić information content (AvgIpc) is 2.48.